The summed E-state index contributed by atoms with van der Waals surface area (Å²) in [5.74, 6) is 2.62. The molecular formula is C18H21LiO6P. The molecule has 2 rings (SSSR count). The van der Waals surface area contributed by atoms with Crippen LogP contribution in [-0.2, 0) is 0 Å². The van der Waals surface area contributed by atoms with E-state index < -0.39 is 0 Å². The summed E-state index contributed by atoms with van der Waals surface area (Å²) in [5.41, 5.74) is 0.252. The van der Waals surface area contributed by atoms with Gasteiger partial charge in [-0.1, -0.05) is 0 Å². The Morgan fingerprint density at radius 2 is 1.23 bits per heavy atom. The van der Waals surface area contributed by atoms with Gasteiger partial charge in [0.05, 0.1) is 35.5 Å². The fourth-order valence-electron chi connectivity index (χ4n) is 2.32. The van der Waals surface area contributed by atoms with Gasteiger partial charge in [0.15, 0.2) is 5.52 Å². The van der Waals surface area contributed by atoms with Crippen LogP contribution in [-0.4, -0.2) is 59.9 Å². The topological polar surface area (TPSA) is 63.2 Å². The minimum absolute atomic E-state index is 0. The summed E-state index contributed by atoms with van der Waals surface area (Å²) in [6.07, 6.45) is 0. The second kappa shape index (κ2) is 10.3. The summed E-state index contributed by atoms with van der Waals surface area (Å²) in [7, 11) is 7.52. The van der Waals surface area contributed by atoms with Crippen LogP contribution in [0.5, 0.6) is 28.7 Å². The van der Waals surface area contributed by atoms with Crippen LogP contribution < -0.4 is 29.0 Å². The van der Waals surface area contributed by atoms with Crippen LogP contribution in [0.1, 0.15) is 10.4 Å². The maximum Gasteiger partial charge on any atom is 0.193 e. The van der Waals surface area contributed by atoms with Gasteiger partial charge < -0.3 is 23.7 Å². The predicted molar refractivity (Wildman–Crippen MR) is 104 cm³/mol. The Bertz CT molecular complexity index is 740. The van der Waals surface area contributed by atoms with E-state index in [1.807, 2.05) is 6.07 Å². The molecule has 0 aromatic heterocycles. The smallest absolute Gasteiger partial charge is 0.193 e. The van der Waals surface area contributed by atoms with E-state index in [0.717, 1.165) is 5.30 Å². The fourth-order valence-corrected chi connectivity index (χ4v) is 3.40. The zero-order valence-corrected chi connectivity index (χ0v) is 16.8. The van der Waals surface area contributed by atoms with Gasteiger partial charge in [-0.3, -0.25) is 4.79 Å². The molecule has 8 heteroatoms. The maximum absolute atomic E-state index is 12.9. The molecule has 135 valence electrons. The van der Waals surface area contributed by atoms with Crippen LogP contribution in [0.4, 0.5) is 0 Å². The summed E-state index contributed by atoms with van der Waals surface area (Å²) >= 11 is 0. The molecule has 26 heavy (non-hydrogen) atoms. The van der Waals surface area contributed by atoms with Crippen molar-refractivity contribution in [3.8, 4) is 28.7 Å². The molecule has 0 fully saturated rings. The molecule has 0 bridgehead atoms. The summed E-state index contributed by atoms with van der Waals surface area (Å²) in [5, 5.41) is 0.772. The molecule has 2 aromatic carbocycles. The predicted octanol–water partition coefficient (Wildman–Crippen LogP) is 2.49. The van der Waals surface area contributed by atoms with Crippen LogP contribution >= 0.6 is 8.58 Å². The molecule has 0 spiro atoms. The van der Waals surface area contributed by atoms with Crippen molar-refractivity contribution in [2.45, 2.75) is 0 Å². The molecule has 1 radical (unpaired) electrons. The molecule has 0 aliphatic heterocycles. The first kappa shape index (κ1) is 22.2. The number of methoxy groups -OCH3 is 5. The van der Waals surface area contributed by atoms with E-state index in [0.29, 0.717) is 34.3 Å². The summed E-state index contributed by atoms with van der Waals surface area (Å²) < 4.78 is 26.5. The number of benzene rings is 2. The van der Waals surface area contributed by atoms with Gasteiger partial charge >= 0.3 is 0 Å². The van der Waals surface area contributed by atoms with E-state index >= 15 is 0 Å². The third-order valence-corrected chi connectivity index (χ3v) is 4.76. The number of carbonyl (C=O) groups is 1. The third-order valence-electron chi connectivity index (χ3n) is 3.60. The molecule has 0 aliphatic rings. The van der Waals surface area contributed by atoms with Crippen LogP contribution in [0.15, 0.2) is 30.3 Å². The average Bonchev–Trinajstić information content (AvgIpc) is 2.66. The fraction of sp³-hybridized carbons (Fsp3) is 0.278. The van der Waals surface area contributed by atoms with Gasteiger partial charge in [-0.05, 0) is 20.7 Å². The van der Waals surface area contributed by atoms with Gasteiger partial charge in [-0.15, -0.1) is 0 Å². The Labute approximate surface area is 167 Å². The number of ether oxygens (including phenoxy) is 5. The first-order valence-electron chi connectivity index (χ1n) is 7.41. The van der Waals surface area contributed by atoms with Crippen molar-refractivity contribution in [3.05, 3.63) is 35.9 Å². The minimum atomic E-state index is -0.165. The molecule has 2 aromatic rings. The van der Waals surface area contributed by atoms with Crippen molar-refractivity contribution in [2.75, 3.05) is 35.5 Å². The normalized spacial score (nSPS) is 10.2. The van der Waals surface area contributed by atoms with Crippen molar-refractivity contribution >= 4 is 38.3 Å². The molecule has 0 heterocycles. The number of rotatable bonds is 8. The first-order chi connectivity index (χ1) is 12.1. The average molecular weight is 371 g/mol. The number of hydrogen-bond donors (Lipinski definition) is 0. The van der Waals surface area contributed by atoms with Gasteiger partial charge in [-0.2, -0.15) is 0 Å². The third kappa shape index (κ3) is 4.85. The molecule has 0 aliphatic carbocycles. The zero-order chi connectivity index (χ0) is 18.4. The molecule has 0 saturated carbocycles. The number of carbonyl (C=O) groups excluding carboxylic acids is 1. The minimum Gasteiger partial charge on any atom is -0.497 e. The SMILES string of the molecule is COc1ccc(PC(=O)c2c(OC)cc(OC)cc2OC)c(OC)c1.[Li]. The van der Waals surface area contributed by atoms with Crippen molar-refractivity contribution in [2.24, 2.45) is 0 Å². The van der Waals surface area contributed by atoms with E-state index in [2.05, 4.69) is 0 Å². The Morgan fingerprint density at radius 1 is 0.731 bits per heavy atom. The molecule has 0 saturated heterocycles. The maximum atomic E-state index is 12.9. The van der Waals surface area contributed by atoms with Crippen LogP contribution in [0.3, 0.4) is 0 Å². The molecule has 0 amide bonds. The van der Waals surface area contributed by atoms with Crippen LogP contribution in [0.25, 0.3) is 0 Å². The van der Waals surface area contributed by atoms with E-state index in [1.165, 1.54) is 14.2 Å². The monoisotopic (exact) mass is 371 g/mol. The quantitative estimate of drug-likeness (QED) is 0.525. The van der Waals surface area contributed by atoms with Crippen LogP contribution in [0, 0.1) is 0 Å². The zero-order valence-electron chi connectivity index (χ0n) is 15.8. The summed E-state index contributed by atoms with van der Waals surface area (Å²) in [6.45, 7) is 0. The Hall–Kier alpha value is -1.86. The molecule has 6 nitrogen and oxygen atoms in total. The van der Waals surface area contributed by atoms with Crippen molar-refractivity contribution in [3.63, 3.8) is 0 Å². The van der Waals surface area contributed by atoms with Gasteiger partial charge in [0.2, 0.25) is 0 Å². The van der Waals surface area contributed by atoms with Crippen molar-refractivity contribution < 1.29 is 28.5 Å². The second-order valence-electron chi connectivity index (χ2n) is 4.93. The first-order valence-corrected chi connectivity index (χ1v) is 8.41. The van der Waals surface area contributed by atoms with Crippen molar-refractivity contribution in [1.29, 1.82) is 0 Å². The van der Waals surface area contributed by atoms with E-state index in [1.54, 1.807) is 45.6 Å². The van der Waals surface area contributed by atoms with Gasteiger partial charge in [0.25, 0.3) is 0 Å². The van der Waals surface area contributed by atoms with E-state index in [4.69, 9.17) is 23.7 Å². The second-order valence-corrected chi connectivity index (χ2v) is 6.17. The summed E-state index contributed by atoms with van der Waals surface area (Å²) in [6, 6.07) is 8.67. The molecular weight excluding hydrogens is 350 g/mol. The Balaban J connectivity index is 0.00000338. The largest absolute Gasteiger partial charge is 0.497 e. The molecule has 1 unspecified atom stereocenters. The summed E-state index contributed by atoms with van der Waals surface area (Å²) in [4.78, 5) is 12.9. The molecule has 0 N–H and O–H groups in total. The Morgan fingerprint density at radius 3 is 1.69 bits per heavy atom. The van der Waals surface area contributed by atoms with Gasteiger partial charge in [0, 0.05) is 42.4 Å². The Kier molecular flexibility index (Phi) is 8.81. The standard InChI is InChI=1S/C18H21O6P.Li/c1-20-11-6-7-16(13(8-11)22-3)25-18(19)17-14(23-4)9-12(21-2)10-15(17)24-5;/h6-10,25H,1-5H3;. The van der Waals surface area contributed by atoms with Gasteiger partial charge in [-0.25, -0.2) is 0 Å². The molecule has 1 atom stereocenters. The van der Waals surface area contributed by atoms with Crippen molar-refractivity contribution in [1.82, 2.24) is 0 Å². The van der Waals surface area contributed by atoms with Gasteiger partial charge in [0.1, 0.15) is 34.3 Å². The van der Waals surface area contributed by atoms with E-state index in [-0.39, 0.29) is 33.0 Å². The number of hydrogen-bond acceptors (Lipinski definition) is 6. The van der Waals surface area contributed by atoms with Crippen LogP contribution in [0.2, 0.25) is 0 Å². The van der Waals surface area contributed by atoms with E-state index in [9.17, 15) is 4.79 Å².